The number of amides is 1. The summed E-state index contributed by atoms with van der Waals surface area (Å²) in [6.45, 7) is 12.3. The van der Waals surface area contributed by atoms with Gasteiger partial charge < -0.3 is 9.84 Å². The number of hydrogen-bond donors (Lipinski definition) is 1. The lowest BCUT2D eigenvalue weighted by Crippen LogP contribution is -2.70. The van der Waals surface area contributed by atoms with Crippen LogP contribution in [0.5, 0.6) is 0 Å². The Bertz CT molecular complexity index is 290. The van der Waals surface area contributed by atoms with E-state index in [1.165, 1.54) is 0 Å². The molecular formula is C14H28N2O3. The Morgan fingerprint density at radius 1 is 1.26 bits per heavy atom. The molecule has 5 nitrogen and oxygen atoms in total. The number of piperazine rings is 1. The Kier molecular flexibility index (Phi) is 5.62. The van der Waals surface area contributed by atoms with Gasteiger partial charge in [0.2, 0.25) is 0 Å². The minimum Gasteiger partial charge on any atom is -0.444 e. The van der Waals surface area contributed by atoms with Gasteiger partial charge in [-0.1, -0.05) is 13.8 Å². The topological polar surface area (TPSA) is 53.0 Å². The zero-order valence-corrected chi connectivity index (χ0v) is 12.8. The fraction of sp³-hybridized carbons (Fsp3) is 0.929. The maximum Gasteiger partial charge on any atom is 0.410 e. The molecule has 0 radical (unpaired) electrons. The highest BCUT2D eigenvalue weighted by molar-refractivity contribution is 5.70. The molecule has 0 aromatic carbocycles. The van der Waals surface area contributed by atoms with E-state index in [0.29, 0.717) is 6.54 Å². The van der Waals surface area contributed by atoms with Gasteiger partial charge >= 0.3 is 6.09 Å². The molecule has 2 atom stereocenters. The lowest BCUT2D eigenvalue weighted by Gasteiger charge is -2.55. The zero-order valence-electron chi connectivity index (χ0n) is 12.8. The third-order valence-corrected chi connectivity index (χ3v) is 3.29. The van der Waals surface area contributed by atoms with E-state index < -0.39 is 5.60 Å². The summed E-state index contributed by atoms with van der Waals surface area (Å²) in [7, 11) is 0. The van der Waals surface area contributed by atoms with Gasteiger partial charge in [0.25, 0.3) is 0 Å². The van der Waals surface area contributed by atoms with Crippen LogP contribution in [0.25, 0.3) is 0 Å². The van der Waals surface area contributed by atoms with Crippen molar-refractivity contribution >= 4 is 6.09 Å². The number of aliphatic hydroxyl groups excluding tert-OH is 1. The SMILES string of the molecule is CC.CC(C)(C)OC(=O)N1C2CC1CN(CCO)C2. The molecule has 0 aromatic heterocycles. The molecule has 3 fully saturated rings. The summed E-state index contributed by atoms with van der Waals surface area (Å²) in [5.41, 5.74) is -0.425. The van der Waals surface area contributed by atoms with Gasteiger partial charge in [0.15, 0.2) is 0 Å². The van der Waals surface area contributed by atoms with E-state index in [4.69, 9.17) is 9.84 Å². The summed E-state index contributed by atoms with van der Waals surface area (Å²) in [5, 5.41) is 8.90. The highest BCUT2D eigenvalue weighted by atomic mass is 16.6. The van der Waals surface area contributed by atoms with Crippen LogP contribution < -0.4 is 0 Å². The van der Waals surface area contributed by atoms with Gasteiger partial charge in [0.1, 0.15) is 5.60 Å². The Balaban J connectivity index is 0.000000861. The summed E-state index contributed by atoms with van der Waals surface area (Å²) in [4.78, 5) is 16.0. The van der Waals surface area contributed by atoms with Crippen LogP contribution in [0, 0.1) is 0 Å². The van der Waals surface area contributed by atoms with Gasteiger partial charge in [-0.15, -0.1) is 0 Å². The highest BCUT2D eigenvalue weighted by Gasteiger charge is 2.48. The van der Waals surface area contributed by atoms with Crippen LogP contribution in [0.2, 0.25) is 0 Å². The van der Waals surface area contributed by atoms with Gasteiger partial charge in [-0.25, -0.2) is 4.79 Å². The number of carbonyl (C=O) groups is 1. The molecule has 0 saturated carbocycles. The second kappa shape index (κ2) is 6.57. The van der Waals surface area contributed by atoms with E-state index in [1.807, 2.05) is 39.5 Å². The van der Waals surface area contributed by atoms with Crippen LogP contribution in [-0.2, 0) is 4.74 Å². The Labute approximate surface area is 116 Å². The summed E-state index contributed by atoms with van der Waals surface area (Å²) >= 11 is 0. The van der Waals surface area contributed by atoms with E-state index in [2.05, 4.69) is 4.90 Å². The first-order valence-corrected chi connectivity index (χ1v) is 7.25. The number of fused-ring (bicyclic) bond motifs is 2. The van der Waals surface area contributed by atoms with Crippen LogP contribution in [0.4, 0.5) is 4.79 Å². The number of piperidine rings is 1. The molecule has 0 spiro atoms. The van der Waals surface area contributed by atoms with Crippen LogP contribution in [0.1, 0.15) is 41.0 Å². The molecule has 3 saturated heterocycles. The molecule has 3 rings (SSSR count). The highest BCUT2D eigenvalue weighted by Crippen LogP contribution is 2.33. The minimum atomic E-state index is -0.425. The number of aliphatic hydroxyl groups is 1. The third kappa shape index (κ3) is 4.08. The molecule has 1 amide bonds. The molecule has 3 aliphatic heterocycles. The smallest absolute Gasteiger partial charge is 0.410 e. The second-order valence-electron chi connectivity index (χ2n) is 5.91. The molecular weight excluding hydrogens is 244 g/mol. The predicted octanol–water partition coefficient (Wildman–Crippen LogP) is 1.70. The molecule has 2 bridgehead atoms. The van der Waals surface area contributed by atoms with E-state index in [0.717, 1.165) is 19.5 Å². The standard InChI is InChI=1S/C12H22N2O3.C2H6/c1-12(2,3)17-11(16)14-9-6-10(14)8-13(7-9)4-5-15;1-2/h9-10,15H,4-8H2,1-3H3;1-2H3. The molecule has 5 heteroatoms. The van der Waals surface area contributed by atoms with Gasteiger partial charge in [-0.05, 0) is 27.2 Å². The van der Waals surface area contributed by atoms with E-state index in [9.17, 15) is 4.79 Å². The normalized spacial score (nSPS) is 26.1. The van der Waals surface area contributed by atoms with Gasteiger partial charge in [0.05, 0.1) is 18.7 Å². The van der Waals surface area contributed by atoms with E-state index in [1.54, 1.807) is 0 Å². The van der Waals surface area contributed by atoms with Crippen molar-refractivity contribution in [1.82, 2.24) is 9.80 Å². The Morgan fingerprint density at radius 2 is 1.79 bits per heavy atom. The van der Waals surface area contributed by atoms with Gasteiger partial charge in [0, 0.05) is 19.6 Å². The lowest BCUT2D eigenvalue weighted by molar-refractivity contribution is -0.0781. The average molecular weight is 272 g/mol. The number of ether oxygens (including phenoxy) is 1. The molecule has 112 valence electrons. The number of nitrogens with zero attached hydrogens (tertiary/aromatic N) is 2. The fourth-order valence-electron chi connectivity index (χ4n) is 2.63. The van der Waals surface area contributed by atoms with Crippen molar-refractivity contribution in [1.29, 1.82) is 0 Å². The fourth-order valence-corrected chi connectivity index (χ4v) is 2.63. The first-order chi connectivity index (χ1) is 8.90. The van der Waals surface area contributed by atoms with Crippen molar-refractivity contribution in [2.75, 3.05) is 26.2 Å². The van der Waals surface area contributed by atoms with Crippen LogP contribution >= 0.6 is 0 Å². The Hall–Kier alpha value is -0.810. The summed E-state index contributed by atoms with van der Waals surface area (Å²) < 4.78 is 5.39. The van der Waals surface area contributed by atoms with Crippen molar-refractivity contribution < 1.29 is 14.6 Å². The molecule has 19 heavy (non-hydrogen) atoms. The summed E-state index contributed by atoms with van der Waals surface area (Å²) in [6.07, 6.45) is 0.878. The first kappa shape index (κ1) is 16.2. The third-order valence-electron chi connectivity index (χ3n) is 3.29. The monoisotopic (exact) mass is 272 g/mol. The zero-order chi connectivity index (χ0) is 14.6. The lowest BCUT2D eigenvalue weighted by atomic mass is 9.88. The van der Waals surface area contributed by atoms with Gasteiger partial charge in [-0.3, -0.25) is 9.80 Å². The van der Waals surface area contributed by atoms with E-state index >= 15 is 0 Å². The quantitative estimate of drug-likeness (QED) is 0.831. The van der Waals surface area contributed by atoms with Crippen molar-refractivity contribution in [2.24, 2.45) is 0 Å². The molecule has 2 unspecified atom stereocenters. The molecule has 0 aliphatic carbocycles. The molecule has 3 aliphatic rings. The largest absolute Gasteiger partial charge is 0.444 e. The Morgan fingerprint density at radius 3 is 2.21 bits per heavy atom. The number of carbonyl (C=O) groups excluding carboxylic acids is 1. The maximum atomic E-state index is 12.0. The second-order valence-corrected chi connectivity index (χ2v) is 5.91. The average Bonchev–Trinajstić information content (AvgIpc) is 2.29. The summed E-state index contributed by atoms with van der Waals surface area (Å²) in [5.74, 6) is 0. The van der Waals surface area contributed by atoms with Crippen LogP contribution in [0.3, 0.4) is 0 Å². The molecule has 0 aromatic rings. The predicted molar refractivity (Wildman–Crippen MR) is 75.1 cm³/mol. The van der Waals surface area contributed by atoms with Crippen molar-refractivity contribution in [3.63, 3.8) is 0 Å². The van der Waals surface area contributed by atoms with Crippen LogP contribution in [0.15, 0.2) is 0 Å². The molecule has 1 N–H and O–H groups in total. The maximum absolute atomic E-state index is 12.0. The van der Waals surface area contributed by atoms with E-state index in [-0.39, 0.29) is 24.8 Å². The first-order valence-electron chi connectivity index (χ1n) is 7.25. The van der Waals surface area contributed by atoms with Crippen molar-refractivity contribution in [3.05, 3.63) is 0 Å². The minimum absolute atomic E-state index is 0.186. The van der Waals surface area contributed by atoms with Crippen molar-refractivity contribution in [3.8, 4) is 0 Å². The van der Waals surface area contributed by atoms with Gasteiger partial charge in [-0.2, -0.15) is 0 Å². The molecule has 3 heterocycles. The number of rotatable bonds is 2. The number of hydrogen-bond acceptors (Lipinski definition) is 4. The van der Waals surface area contributed by atoms with Crippen LogP contribution in [-0.4, -0.2) is 64.9 Å². The van der Waals surface area contributed by atoms with Crippen molar-refractivity contribution in [2.45, 2.75) is 58.7 Å². The summed E-state index contributed by atoms with van der Waals surface area (Å²) in [6, 6.07) is 0.547.